The zero-order valence-corrected chi connectivity index (χ0v) is 14.7. The Morgan fingerprint density at radius 2 is 1.74 bits per heavy atom. The van der Waals surface area contributed by atoms with E-state index in [0.717, 1.165) is 5.56 Å². The van der Waals surface area contributed by atoms with E-state index < -0.39 is 11.9 Å². The van der Waals surface area contributed by atoms with Crippen LogP contribution in [0.2, 0.25) is 0 Å². The minimum atomic E-state index is -0.529. The molecule has 3 rings (SSSR count). The van der Waals surface area contributed by atoms with E-state index in [0.29, 0.717) is 18.2 Å². The van der Waals surface area contributed by atoms with Crippen LogP contribution in [0.1, 0.15) is 26.4 Å². The van der Waals surface area contributed by atoms with Crippen LogP contribution in [0.25, 0.3) is 0 Å². The number of nitrogens with zero attached hydrogens (tertiary/aromatic N) is 2. The SMILES string of the molecule is COC(=O)c1ccccc1NC(=O)c1ccnc(NCc2ccccc2)n1. The lowest BCUT2D eigenvalue weighted by molar-refractivity contribution is 0.0602. The highest BCUT2D eigenvalue weighted by Gasteiger charge is 2.15. The standard InChI is InChI=1S/C20H18N4O3/c1-27-19(26)15-9-5-6-10-16(15)23-18(25)17-11-12-21-20(24-17)22-13-14-7-3-2-4-8-14/h2-12H,13H2,1H3,(H,23,25)(H,21,22,24). The van der Waals surface area contributed by atoms with Crippen molar-refractivity contribution in [3.05, 3.63) is 83.7 Å². The van der Waals surface area contributed by atoms with Crippen molar-refractivity contribution >= 4 is 23.5 Å². The Labute approximate surface area is 156 Å². The first-order chi connectivity index (χ1) is 13.2. The molecule has 7 nitrogen and oxygen atoms in total. The van der Waals surface area contributed by atoms with Crippen LogP contribution in [-0.2, 0) is 11.3 Å². The highest BCUT2D eigenvalue weighted by Crippen LogP contribution is 2.17. The summed E-state index contributed by atoms with van der Waals surface area (Å²) in [5.74, 6) is -0.636. The molecule has 0 saturated carbocycles. The van der Waals surface area contributed by atoms with Crippen LogP contribution in [0.5, 0.6) is 0 Å². The highest BCUT2D eigenvalue weighted by atomic mass is 16.5. The Balaban J connectivity index is 1.72. The summed E-state index contributed by atoms with van der Waals surface area (Å²) in [5.41, 5.74) is 1.87. The lowest BCUT2D eigenvalue weighted by Crippen LogP contribution is -2.17. The number of hydrogen-bond acceptors (Lipinski definition) is 6. The second-order valence-electron chi connectivity index (χ2n) is 5.60. The molecular weight excluding hydrogens is 344 g/mol. The zero-order valence-electron chi connectivity index (χ0n) is 14.7. The first kappa shape index (κ1) is 18.1. The number of rotatable bonds is 6. The molecule has 136 valence electrons. The van der Waals surface area contributed by atoms with Gasteiger partial charge in [-0.25, -0.2) is 14.8 Å². The molecule has 2 aromatic carbocycles. The van der Waals surface area contributed by atoms with Crippen molar-refractivity contribution in [3.8, 4) is 0 Å². The molecule has 0 unspecified atom stereocenters. The third-order valence-corrected chi connectivity index (χ3v) is 3.76. The fourth-order valence-electron chi connectivity index (χ4n) is 2.41. The Morgan fingerprint density at radius 1 is 1.00 bits per heavy atom. The summed E-state index contributed by atoms with van der Waals surface area (Å²) in [6.07, 6.45) is 1.50. The van der Waals surface area contributed by atoms with Gasteiger partial charge < -0.3 is 15.4 Å². The van der Waals surface area contributed by atoms with E-state index in [1.54, 1.807) is 24.3 Å². The Bertz CT molecular complexity index is 945. The molecule has 1 heterocycles. The maximum atomic E-state index is 12.5. The average molecular weight is 362 g/mol. The van der Waals surface area contributed by atoms with E-state index in [-0.39, 0.29) is 11.3 Å². The van der Waals surface area contributed by atoms with Gasteiger partial charge in [-0.2, -0.15) is 0 Å². The number of carbonyl (C=O) groups excluding carboxylic acids is 2. The smallest absolute Gasteiger partial charge is 0.339 e. The summed E-state index contributed by atoms with van der Waals surface area (Å²) >= 11 is 0. The number of anilines is 2. The van der Waals surface area contributed by atoms with Gasteiger partial charge in [0, 0.05) is 12.7 Å². The van der Waals surface area contributed by atoms with Gasteiger partial charge in [-0.15, -0.1) is 0 Å². The van der Waals surface area contributed by atoms with Crippen molar-refractivity contribution in [1.29, 1.82) is 0 Å². The summed E-state index contributed by atoms with van der Waals surface area (Å²) < 4.78 is 4.73. The monoisotopic (exact) mass is 362 g/mol. The van der Waals surface area contributed by atoms with Crippen LogP contribution in [0.3, 0.4) is 0 Å². The molecule has 3 aromatic rings. The molecule has 0 aliphatic heterocycles. The fourth-order valence-corrected chi connectivity index (χ4v) is 2.41. The van der Waals surface area contributed by atoms with E-state index in [4.69, 9.17) is 4.74 Å². The van der Waals surface area contributed by atoms with Gasteiger partial charge in [0.25, 0.3) is 5.91 Å². The van der Waals surface area contributed by atoms with Gasteiger partial charge in [-0.1, -0.05) is 42.5 Å². The lowest BCUT2D eigenvalue weighted by atomic mass is 10.1. The second kappa shape index (κ2) is 8.57. The fraction of sp³-hybridized carbons (Fsp3) is 0.100. The van der Waals surface area contributed by atoms with Crippen molar-refractivity contribution in [1.82, 2.24) is 9.97 Å². The molecule has 0 atom stereocenters. The molecule has 0 aliphatic carbocycles. The first-order valence-corrected chi connectivity index (χ1v) is 8.27. The summed E-state index contributed by atoms with van der Waals surface area (Å²) in [5, 5.41) is 5.77. The molecule has 27 heavy (non-hydrogen) atoms. The quantitative estimate of drug-likeness (QED) is 0.655. The van der Waals surface area contributed by atoms with Crippen molar-refractivity contribution in [2.45, 2.75) is 6.54 Å². The average Bonchev–Trinajstić information content (AvgIpc) is 2.73. The van der Waals surface area contributed by atoms with Gasteiger partial charge >= 0.3 is 5.97 Å². The van der Waals surface area contributed by atoms with Crippen LogP contribution in [-0.4, -0.2) is 29.0 Å². The molecule has 0 spiro atoms. The number of benzene rings is 2. The third-order valence-electron chi connectivity index (χ3n) is 3.76. The largest absolute Gasteiger partial charge is 0.465 e. The van der Waals surface area contributed by atoms with Crippen LogP contribution < -0.4 is 10.6 Å². The molecule has 0 radical (unpaired) electrons. The molecule has 1 amide bonds. The molecule has 7 heteroatoms. The van der Waals surface area contributed by atoms with Gasteiger partial charge in [0.05, 0.1) is 18.4 Å². The van der Waals surface area contributed by atoms with Crippen molar-refractivity contribution in [2.24, 2.45) is 0 Å². The number of nitrogens with one attached hydrogen (secondary N) is 2. The predicted octanol–water partition coefficient (Wildman–Crippen LogP) is 3.13. The number of ether oxygens (including phenoxy) is 1. The van der Waals surface area contributed by atoms with Crippen molar-refractivity contribution in [2.75, 3.05) is 17.7 Å². The topological polar surface area (TPSA) is 93.2 Å². The van der Waals surface area contributed by atoms with E-state index >= 15 is 0 Å². The van der Waals surface area contributed by atoms with Crippen LogP contribution >= 0.6 is 0 Å². The molecule has 0 aliphatic rings. The molecule has 0 saturated heterocycles. The number of aromatic nitrogens is 2. The van der Waals surface area contributed by atoms with E-state index in [9.17, 15) is 9.59 Å². The van der Waals surface area contributed by atoms with Gasteiger partial charge in [-0.05, 0) is 23.8 Å². The maximum absolute atomic E-state index is 12.5. The number of para-hydroxylation sites is 1. The van der Waals surface area contributed by atoms with Crippen molar-refractivity contribution < 1.29 is 14.3 Å². The summed E-state index contributed by atoms with van der Waals surface area (Å²) in [7, 11) is 1.29. The van der Waals surface area contributed by atoms with Gasteiger partial charge in [0.2, 0.25) is 5.95 Å². The summed E-state index contributed by atoms with van der Waals surface area (Å²) in [6, 6.07) is 17.9. The third kappa shape index (κ3) is 4.66. The van der Waals surface area contributed by atoms with E-state index in [1.165, 1.54) is 19.4 Å². The predicted molar refractivity (Wildman–Crippen MR) is 102 cm³/mol. The number of esters is 1. The van der Waals surface area contributed by atoms with Crippen LogP contribution in [0.4, 0.5) is 11.6 Å². The van der Waals surface area contributed by atoms with Crippen molar-refractivity contribution in [3.63, 3.8) is 0 Å². The summed E-state index contributed by atoms with van der Waals surface area (Å²) in [4.78, 5) is 32.7. The molecule has 1 aromatic heterocycles. The first-order valence-electron chi connectivity index (χ1n) is 8.27. The minimum Gasteiger partial charge on any atom is -0.465 e. The molecular formula is C20H18N4O3. The van der Waals surface area contributed by atoms with Crippen LogP contribution in [0.15, 0.2) is 66.9 Å². The molecule has 0 bridgehead atoms. The normalized spacial score (nSPS) is 10.1. The Hall–Kier alpha value is -3.74. The number of amides is 1. The van der Waals surface area contributed by atoms with E-state index in [2.05, 4.69) is 20.6 Å². The molecule has 2 N–H and O–H groups in total. The minimum absolute atomic E-state index is 0.181. The highest BCUT2D eigenvalue weighted by molar-refractivity contribution is 6.07. The lowest BCUT2D eigenvalue weighted by Gasteiger charge is -2.10. The van der Waals surface area contributed by atoms with E-state index in [1.807, 2.05) is 30.3 Å². The summed E-state index contributed by atoms with van der Waals surface area (Å²) in [6.45, 7) is 0.539. The Kier molecular flexibility index (Phi) is 5.73. The van der Waals surface area contributed by atoms with Gasteiger partial charge in [0.15, 0.2) is 0 Å². The second-order valence-corrected chi connectivity index (χ2v) is 5.60. The number of methoxy groups -OCH3 is 1. The maximum Gasteiger partial charge on any atom is 0.339 e. The van der Waals surface area contributed by atoms with Crippen LogP contribution in [0, 0.1) is 0 Å². The van der Waals surface area contributed by atoms with Gasteiger partial charge in [-0.3, -0.25) is 4.79 Å². The number of carbonyl (C=O) groups is 2. The zero-order chi connectivity index (χ0) is 19.1. The van der Waals surface area contributed by atoms with Gasteiger partial charge in [0.1, 0.15) is 5.69 Å². The molecule has 0 fully saturated rings. The number of hydrogen-bond donors (Lipinski definition) is 2. The Morgan fingerprint density at radius 3 is 2.52 bits per heavy atom.